The van der Waals surface area contributed by atoms with Crippen molar-refractivity contribution in [1.29, 1.82) is 0 Å². The van der Waals surface area contributed by atoms with Crippen LogP contribution in [0.25, 0.3) is 0 Å². The molecule has 0 radical (unpaired) electrons. The molecule has 206 valence electrons. The zero-order valence-electron chi connectivity index (χ0n) is 20.6. The Labute approximate surface area is 219 Å². The number of esters is 1. The van der Waals surface area contributed by atoms with Crippen molar-refractivity contribution in [3.05, 3.63) is 71.4 Å². The number of pyridine rings is 1. The van der Waals surface area contributed by atoms with Crippen LogP contribution in [0.5, 0.6) is 11.5 Å². The molecule has 1 aliphatic heterocycles. The predicted molar refractivity (Wildman–Crippen MR) is 129 cm³/mol. The number of aryl methyl sites for hydroxylation is 1. The molecule has 1 atom stereocenters. The SMILES string of the molecule is CC(=O)OC[C@H]1COc2c(C(=O)Nc3cc(F)c(OCC(F)(F)F)c(F)c3)cccc2N1c1ccc(C)cn1. The van der Waals surface area contributed by atoms with Crippen LogP contribution in [-0.2, 0) is 9.53 Å². The molecule has 3 aromatic rings. The monoisotopic (exact) mass is 551 g/mol. The molecule has 8 nitrogen and oxygen atoms in total. The molecule has 4 rings (SSSR count). The molecular weight excluding hydrogens is 529 g/mol. The first-order valence-corrected chi connectivity index (χ1v) is 11.5. The number of rotatable bonds is 7. The number of aromatic nitrogens is 1. The second-order valence-electron chi connectivity index (χ2n) is 8.61. The van der Waals surface area contributed by atoms with Gasteiger partial charge in [0.15, 0.2) is 29.7 Å². The fourth-order valence-corrected chi connectivity index (χ4v) is 3.87. The molecule has 0 saturated carbocycles. The molecule has 1 aromatic heterocycles. The lowest BCUT2D eigenvalue weighted by Gasteiger charge is -2.38. The summed E-state index contributed by atoms with van der Waals surface area (Å²) in [5.41, 5.74) is 0.989. The molecule has 2 heterocycles. The van der Waals surface area contributed by atoms with E-state index in [0.29, 0.717) is 23.6 Å². The Morgan fingerprint density at radius 3 is 2.49 bits per heavy atom. The molecule has 0 bridgehead atoms. The number of nitrogens with one attached hydrogen (secondary N) is 1. The van der Waals surface area contributed by atoms with E-state index in [1.54, 1.807) is 29.3 Å². The van der Waals surface area contributed by atoms with Crippen molar-refractivity contribution in [2.75, 3.05) is 30.0 Å². The summed E-state index contributed by atoms with van der Waals surface area (Å²) in [6, 6.07) is 9.04. The van der Waals surface area contributed by atoms with Gasteiger partial charge in [-0.1, -0.05) is 12.1 Å². The normalized spacial score (nSPS) is 14.7. The van der Waals surface area contributed by atoms with Crippen molar-refractivity contribution in [2.45, 2.75) is 26.1 Å². The summed E-state index contributed by atoms with van der Waals surface area (Å²) in [5.74, 6) is -4.71. The maximum absolute atomic E-state index is 14.3. The predicted octanol–water partition coefficient (Wildman–Crippen LogP) is 5.32. The smallest absolute Gasteiger partial charge is 0.422 e. The van der Waals surface area contributed by atoms with E-state index in [0.717, 1.165) is 5.56 Å². The second-order valence-corrected chi connectivity index (χ2v) is 8.61. The van der Waals surface area contributed by atoms with Crippen molar-refractivity contribution < 1.29 is 45.8 Å². The van der Waals surface area contributed by atoms with Gasteiger partial charge in [0.2, 0.25) is 0 Å². The highest BCUT2D eigenvalue weighted by atomic mass is 19.4. The number of para-hydroxylation sites is 1. The van der Waals surface area contributed by atoms with Crippen molar-refractivity contribution in [2.24, 2.45) is 0 Å². The van der Waals surface area contributed by atoms with E-state index in [9.17, 15) is 31.5 Å². The lowest BCUT2D eigenvalue weighted by molar-refractivity contribution is -0.154. The zero-order chi connectivity index (χ0) is 28.3. The average molecular weight is 551 g/mol. The summed E-state index contributed by atoms with van der Waals surface area (Å²) in [4.78, 5) is 30.7. The van der Waals surface area contributed by atoms with Crippen molar-refractivity contribution >= 4 is 29.1 Å². The molecule has 1 N–H and O–H groups in total. The Morgan fingerprint density at radius 1 is 1.15 bits per heavy atom. The van der Waals surface area contributed by atoms with Crippen molar-refractivity contribution in [1.82, 2.24) is 4.98 Å². The third-order valence-electron chi connectivity index (χ3n) is 5.54. The zero-order valence-corrected chi connectivity index (χ0v) is 20.6. The number of alkyl halides is 3. The highest BCUT2D eigenvalue weighted by Gasteiger charge is 2.34. The Bertz CT molecular complexity index is 1360. The number of carbonyl (C=O) groups is 2. The Hall–Kier alpha value is -4.42. The fraction of sp³-hybridized carbons (Fsp3) is 0.269. The van der Waals surface area contributed by atoms with Crippen molar-refractivity contribution in [3.63, 3.8) is 0 Å². The number of nitrogens with zero attached hydrogens (tertiary/aromatic N) is 2. The standard InChI is InChI=1S/C26H22F5N3O5/c1-14-6-7-22(32-10-14)34-17(11-37-15(2)35)12-38-23-18(4-3-5-21(23)34)25(36)33-16-8-19(27)24(20(28)9-16)39-13-26(29,30)31/h3-10,17H,11-13H2,1-2H3,(H,33,36)/t17-/m0/s1. The van der Waals surface area contributed by atoms with Gasteiger partial charge in [-0.15, -0.1) is 0 Å². The second kappa shape index (κ2) is 11.1. The summed E-state index contributed by atoms with van der Waals surface area (Å²) in [5, 5.41) is 2.32. The molecule has 0 fully saturated rings. The molecule has 1 amide bonds. The summed E-state index contributed by atoms with van der Waals surface area (Å²) in [7, 11) is 0. The van der Waals surface area contributed by atoms with Gasteiger partial charge in [-0.3, -0.25) is 9.59 Å². The van der Waals surface area contributed by atoms with E-state index in [1.807, 2.05) is 13.0 Å². The lowest BCUT2D eigenvalue weighted by atomic mass is 10.1. The summed E-state index contributed by atoms with van der Waals surface area (Å²) < 4.78 is 81.0. The molecule has 1 aliphatic rings. The van der Waals surface area contributed by atoms with Gasteiger partial charge in [0.05, 0.1) is 11.3 Å². The summed E-state index contributed by atoms with van der Waals surface area (Å²) >= 11 is 0. The molecule has 0 aliphatic carbocycles. The molecule has 0 spiro atoms. The third kappa shape index (κ3) is 6.54. The first-order valence-electron chi connectivity index (χ1n) is 11.5. The minimum absolute atomic E-state index is 0.00811. The van der Waals surface area contributed by atoms with Gasteiger partial charge in [-0.2, -0.15) is 13.2 Å². The molecule has 0 unspecified atom stereocenters. The maximum atomic E-state index is 14.3. The first-order chi connectivity index (χ1) is 18.4. The summed E-state index contributed by atoms with van der Waals surface area (Å²) in [6.45, 7) is 1.24. The van der Waals surface area contributed by atoms with E-state index in [4.69, 9.17) is 9.47 Å². The first kappa shape index (κ1) is 27.6. The van der Waals surface area contributed by atoms with Crippen LogP contribution in [0.1, 0.15) is 22.8 Å². The highest BCUT2D eigenvalue weighted by Crippen LogP contribution is 2.41. The van der Waals surface area contributed by atoms with Gasteiger partial charge in [-0.05, 0) is 30.7 Å². The number of ether oxygens (including phenoxy) is 3. The minimum Gasteiger partial charge on any atom is -0.488 e. The third-order valence-corrected chi connectivity index (χ3v) is 5.54. The minimum atomic E-state index is -4.79. The van der Waals surface area contributed by atoms with E-state index in [2.05, 4.69) is 15.0 Å². The summed E-state index contributed by atoms with van der Waals surface area (Å²) in [6.07, 6.45) is -3.15. The number of halogens is 5. The van der Waals surface area contributed by atoms with E-state index in [-0.39, 0.29) is 30.2 Å². The van der Waals surface area contributed by atoms with Gasteiger partial charge in [-0.25, -0.2) is 13.8 Å². The number of benzene rings is 2. The van der Waals surface area contributed by atoms with Crippen LogP contribution in [0.4, 0.5) is 39.1 Å². The molecule has 2 aromatic carbocycles. The van der Waals surface area contributed by atoms with E-state index < -0.39 is 48.1 Å². The molecule has 39 heavy (non-hydrogen) atoms. The maximum Gasteiger partial charge on any atom is 0.422 e. The van der Waals surface area contributed by atoms with Crippen molar-refractivity contribution in [3.8, 4) is 11.5 Å². The molecule has 13 heteroatoms. The number of anilines is 3. The Balaban J connectivity index is 1.63. The average Bonchev–Trinajstić information content (AvgIpc) is 2.86. The van der Waals surface area contributed by atoms with E-state index in [1.165, 1.54) is 13.0 Å². The van der Waals surface area contributed by atoms with Gasteiger partial charge < -0.3 is 24.4 Å². The van der Waals surface area contributed by atoms with E-state index >= 15 is 0 Å². The van der Waals surface area contributed by atoms with Gasteiger partial charge >= 0.3 is 12.1 Å². The Morgan fingerprint density at radius 2 is 1.87 bits per heavy atom. The van der Waals surface area contributed by atoms with Gasteiger partial charge in [0.1, 0.15) is 25.1 Å². The lowest BCUT2D eigenvalue weighted by Crippen LogP contribution is -2.44. The van der Waals surface area contributed by atoms with Crippen LogP contribution < -0.4 is 19.7 Å². The number of fused-ring (bicyclic) bond motifs is 1. The Kier molecular flexibility index (Phi) is 7.88. The molecular formula is C26H22F5N3O5. The van der Waals surface area contributed by atoms with Crippen LogP contribution in [0.3, 0.4) is 0 Å². The fourth-order valence-electron chi connectivity index (χ4n) is 3.87. The van der Waals surface area contributed by atoms with Crippen LogP contribution in [-0.4, -0.2) is 48.9 Å². The van der Waals surface area contributed by atoms with Crippen LogP contribution in [0.2, 0.25) is 0 Å². The largest absolute Gasteiger partial charge is 0.488 e. The van der Waals surface area contributed by atoms with Crippen LogP contribution in [0, 0.1) is 18.6 Å². The number of amides is 1. The highest BCUT2D eigenvalue weighted by molar-refractivity contribution is 6.07. The van der Waals surface area contributed by atoms with Gasteiger partial charge in [0.25, 0.3) is 5.91 Å². The quantitative estimate of drug-likeness (QED) is 0.314. The van der Waals surface area contributed by atoms with Gasteiger partial charge in [0, 0.05) is 30.9 Å². The molecule has 0 saturated heterocycles. The topological polar surface area (TPSA) is 90.0 Å². The number of hydrogen-bond donors (Lipinski definition) is 1. The van der Waals surface area contributed by atoms with Crippen LogP contribution in [0.15, 0.2) is 48.7 Å². The number of carbonyl (C=O) groups excluding carboxylic acids is 2. The van der Waals surface area contributed by atoms with Crippen LogP contribution >= 0.6 is 0 Å². The number of hydrogen-bond acceptors (Lipinski definition) is 7.